The highest BCUT2D eigenvalue weighted by atomic mass is 16.4. The minimum Gasteiger partial charge on any atom is -0.478 e. The number of allylic oxidation sites excluding steroid dienone is 2. The molecule has 1 atom stereocenters. The number of Topliss-reactive ketones (excluding diaryl/α,β-unsaturated/α-hetero) is 1. The van der Waals surface area contributed by atoms with Crippen LogP contribution in [0.3, 0.4) is 0 Å². The van der Waals surface area contributed by atoms with Crippen LogP contribution in [0.4, 0.5) is 11.5 Å². The van der Waals surface area contributed by atoms with Gasteiger partial charge in [-0.2, -0.15) is 5.10 Å². The van der Waals surface area contributed by atoms with Crippen molar-refractivity contribution < 1.29 is 19.5 Å². The van der Waals surface area contributed by atoms with Crippen LogP contribution in [0, 0.1) is 6.92 Å². The molecule has 0 bridgehead atoms. The highest BCUT2D eigenvalue weighted by Gasteiger charge is 2.37. The normalized spacial score (nSPS) is 17.1. The van der Waals surface area contributed by atoms with Gasteiger partial charge in [0.2, 0.25) is 0 Å². The number of aromatic carboxylic acids is 1. The summed E-state index contributed by atoms with van der Waals surface area (Å²) in [5.74, 6) is -0.780. The molecule has 0 spiro atoms. The lowest BCUT2D eigenvalue weighted by Gasteiger charge is -2.33. The van der Waals surface area contributed by atoms with Gasteiger partial charge in [-0.05, 0) is 49.6 Å². The molecule has 0 unspecified atom stereocenters. The van der Waals surface area contributed by atoms with E-state index < -0.39 is 12.0 Å². The van der Waals surface area contributed by atoms with Gasteiger partial charge in [0.1, 0.15) is 17.4 Å². The minimum absolute atomic E-state index is 0.0304. The molecule has 33 heavy (non-hydrogen) atoms. The molecule has 2 heterocycles. The summed E-state index contributed by atoms with van der Waals surface area (Å²) in [6.45, 7) is 1.98. The molecule has 2 aliphatic rings. The molecule has 0 saturated heterocycles. The quantitative estimate of drug-likeness (QED) is 0.559. The number of fused-ring (bicyclic) bond motifs is 1. The molecular weight excluding hydrogens is 420 g/mol. The summed E-state index contributed by atoms with van der Waals surface area (Å²) in [7, 11) is 0. The lowest BCUT2D eigenvalue weighted by molar-refractivity contribution is -0.116. The van der Waals surface area contributed by atoms with Crippen LogP contribution in [0.15, 0.2) is 66.0 Å². The van der Waals surface area contributed by atoms with Crippen LogP contribution in [0.25, 0.3) is 0 Å². The molecule has 0 saturated carbocycles. The van der Waals surface area contributed by atoms with E-state index in [1.165, 1.54) is 18.3 Å². The number of hydrogen-bond acceptors (Lipinski definition) is 5. The van der Waals surface area contributed by atoms with Crippen molar-refractivity contribution in [3.8, 4) is 0 Å². The van der Waals surface area contributed by atoms with Gasteiger partial charge in [0.05, 0.1) is 11.8 Å². The zero-order chi connectivity index (χ0) is 23.1. The lowest BCUT2D eigenvalue weighted by atomic mass is 9.85. The molecule has 1 aliphatic heterocycles. The second-order valence-corrected chi connectivity index (χ2v) is 8.30. The zero-order valence-electron chi connectivity index (χ0n) is 18.0. The Morgan fingerprint density at radius 3 is 2.52 bits per heavy atom. The van der Waals surface area contributed by atoms with E-state index in [0.717, 1.165) is 23.2 Å². The number of ketones is 1. The molecule has 8 heteroatoms. The minimum atomic E-state index is -1.02. The number of anilines is 2. The summed E-state index contributed by atoms with van der Waals surface area (Å²) >= 11 is 0. The van der Waals surface area contributed by atoms with Gasteiger partial charge in [-0.3, -0.25) is 9.59 Å². The third-order valence-corrected chi connectivity index (χ3v) is 6.07. The van der Waals surface area contributed by atoms with Gasteiger partial charge in [0.25, 0.3) is 5.91 Å². The largest absolute Gasteiger partial charge is 0.478 e. The molecule has 1 aliphatic carbocycles. The molecule has 3 N–H and O–H groups in total. The highest BCUT2D eigenvalue weighted by molar-refractivity contribution is 6.08. The Morgan fingerprint density at radius 2 is 1.82 bits per heavy atom. The summed E-state index contributed by atoms with van der Waals surface area (Å²) in [5, 5.41) is 19.9. The van der Waals surface area contributed by atoms with Crippen molar-refractivity contribution in [3.63, 3.8) is 0 Å². The highest BCUT2D eigenvalue weighted by Crippen LogP contribution is 2.41. The predicted octanol–water partition coefficient (Wildman–Crippen LogP) is 4.16. The van der Waals surface area contributed by atoms with E-state index in [1.807, 2.05) is 31.2 Å². The molecule has 1 aromatic heterocycles. The standard InChI is InChI=1S/C25H22N4O4/c1-14-5-11-17(12-6-14)27-24(31)18-13-26-29-22(15-7-9-16(10-8-15)25(32)33)21-19(28-23(18)29)3-2-4-20(21)30/h5-13,22,28H,2-4H2,1H3,(H,27,31)(H,32,33)/t22-/m0/s1. The van der Waals surface area contributed by atoms with E-state index in [4.69, 9.17) is 0 Å². The lowest BCUT2D eigenvalue weighted by Crippen LogP contribution is -2.32. The predicted molar refractivity (Wildman–Crippen MR) is 122 cm³/mol. The summed E-state index contributed by atoms with van der Waals surface area (Å²) in [6, 6.07) is 13.4. The van der Waals surface area contributed by atoms with Crippen molar-refractivity contribution in [2.45, 2.75) is 32.2 Å². The zero-order valence-corrected chi connectivity index (χ0v) is 18.0. The first kappa shape index (κ1) is 20.7. The molecule has 166 valence electrons. The fraction of sp³-hybridized carbons (Fsp3) is 0.200. The number of aryl methyl sites for hydroxylation is 1. The summed E-state index contributed by atoms with van der Waals surface area (Å²) < 4.78 is 1.64. The summed E-state index contributed by atoms with van der Waals surface area (Å²) in [5.41, 5.74) is 4.44. The van der Waals surface area contributed by atoms with Crippen molar-refractivity contribution >= 4 is 29.2 Å². The molecule has 8 nitrogen and oxygen atoms in total. The summed E-state index contributed by atoms with van der Waals surface area (Å²) in [6.07, 6.45) is 3.36. The topological polar surface area (TPSA) is 113 Å². The maximum absolute atomic E-state index is 13.1. The molecule has 1 amide bonds. The molecular formula is C25H22N4O4. The average molecular weight is 442 g/mol. The van der Waals surface area contributed by atoms with Crippen LogP contribution in [-0.4, -0.2) is 32.5 Å². The van der Waals surface area contributed by atoms with Crippen LogP contribution < -0.4 is 10.6 Å². The van der Waals surface area contributed by atoms with Crippen LogP contribution in [-0.2, 0) is 4.79 Å². The van der Waals surface area contributed by atoms with Crippen LogP contribution in [0.5, 0.6) is 0 Å². The Balaban J connectivity index is 1.56. The first-order valence-corrected chi connectivity index (χ1v) is 10.7. The second kappa shape index (κ2) is 8.05. The third-order valence-electron chi connectivity index (χ3n) is 6.07. The second-order valence-electron chi connectivity index (χ2n) is 8.30. The molecule has 2 aromatic carbocycles. The Kier molecular flexibility index (Phi) is 5.05. The van der Waals surface area contributed by atoms with E-state index in [1.54, 1.807) is 16.8 Å². The number of carboxylic acid groups (broad SMARTS) is 1. The monoisotopic (exact) mass is 442 g/mol. The smallest absolute Gasteiger partial charge is 0.335 e. The average Bonchev–Trinajstić information content (AvgIpc) is 3.23. The number of carbonyl (C=O) groups excluding carboxylic acids is 2. The van der Waals surface area contributed by atoms with Crippen LogP contribution >= 0.6 is 0 Å². The van der Waals surface area contributed by atoms with Gasteiger partial charge in [-0.15, -0.1) is 0 Å². The Morgan fingerprint density at radius 1 is 1.09 bits per heavy atom. The van der Waals surface area contributed by atoms with E-state index in [9.17, 15) is 19.5 Å². The fourth-order valence-electron chi connectivity index (χ4n) is 4.38. The van der Waals surface area contributed by atoms with Crippen molar-refractivity contribution in [1.29, 1.82) is 0 Å². The van der Waals surface area contributed by atoms with Gasteiger partial charge < -0.3 is 15.7 Å². The van der Waals surface area contributed by atoms with Crippen molar-refractivity contribution in [2.24, 2.45) is 0 Å². The van der Waals surface area contributed by atoms with E-state index in [0.29, 0.717) is 35.5 Å². The van der Waals surface area contributed by atoms with Crippen molar-refractivity contribution in [2.75, 3.05) is 10.6 Å². The van der Waals surface area contributed by atoms with E-state index >= 15 is 0 Å². The number of amides is 1. The van der Waals surface area contributed by atoms with Crippen LogP contribution in [0.2, 0.25) is 0 Å². The van der Waals surface area contributed by atoms with Gasteiger partial charge in [-0.1, -0.05) is 29.8 Å². The van der Waals surface area contributed by atoms with Gasteiger partial charge >= 0.3 is 5.97 Å². The molecule has 3 aromatic rings. The number of aromatic nitrogens is 2. The number of hydrogen-bond donors (Lipinski definition) is 3. The van der Waals surface area contributed by atoms with Gasteiger partial charge in [-0.25, -0.2) is 9.48 Å². The van der Waals surface area contributed by atoms with Gasteiger partial charge in [0.15, 0.2) is 5.78 Å². The molecule has 0 fully saturated rings. The number of nitrogens with zero attached hydrogens (tertiary/aromatic N) is 2. The Labute approximate surface area is 189 Å². The third kappa shape index (κ3) is 3.69. The number of rotatable bonds is 4. The summed E-state index contributed by atoms with van der Waals surface area (Å²) in [4.78, 5) is 37.2. The Bertz CT molecular complexity index is 1300. The fourth-order valence-corrected chi connectivity index (χ4v) is 4.38. The Hall–Kier alpha value is -4.20. The van der Waals surface area contributed by atoms with E-state index in [-0.39, 0.29) is 17.3 Å². The van der Waals surface area contributed by atoms with Crippen molar-refractivity contribution in [1.82, 2.24) is 9.78 Å². The van der Waals surface area contributed by atoms with E-state index in [2.05, 4.69) is 15.7 Å². The number of nitrogens with one attached hydrogen (secondary N) is 2. The SMILES string of the molecule is Cc1ccc(NC(=O)c2cnn3c2NC2=C(C(=O)CCC2)[C@@H]3c2ccc(C(=O)O)cc2)cc1. The number of carbonyl (C=O) groups is 3. The maximum Gasteiger partial charge on any atom is 0.335 e. The maximum atomic E-state index is 13.1. The number of carboxylic acids is 1. The number of benzene rings is 2. The first-order chi connectivity index (χ1) is 15.9. The molecule has 0 radical (unpaired) electrons. The molecule has 5 rings (SSSR count). The van der Waals surface area contributed by atoms with Crippen molar-refractivity contribution in [3.05, 3.63) is 88.3 Å². The first-order valence-electron chi connectivity index (χ1n) is 10.7. The van der Waals surface area contributed by atoms with Gasteiger partial charge in [0, 0.05) is 23.4 Å². The van der Waals surface area contributed by atoms with Crippen LogP contribution in [0.1, 0.15) is 57.1 Å².